The van der Waals surface area contributed by atoms with E-state index in [1.165, 1.54) is 12.8 Å². The third-order valence-electron chi connectivity index (χ3n) is 5.06. The Labute approximate surface area is 160 Å². The van der Waals surface area contributed by atoms with E-state index in [1.807, 2.05) is 48.7 Å². The van der Waals surface area contributed by atoms with Crippen LogP contribution in [-0.4, -0.2) is 35.8 Å². The van der Waals surface area contributed by atoms with Crippen LogP contribution in [0.25, 0.3) is 0 Å². The Hall–Kier alpha value is -2.60. The number of aliphatic hydroxyl groups excluding tert-OH is 1. The molecule has 0 radical (unpaired) electrons. The molecule has 0 bridgehead atoms. The first kappa shape index (κ1) is 19.2. The average Bonchev–Trinajstić information content (AvgIpc) is 2.72. The normalized spacial score (nSPS) is 16.0. The monoisotopic (exact) mass is 368 g/mol. The summed E-state index contributed by atoms with van der Waals surface area (Å²) in [5.41, 5.74) is 1.82. The van der Waals surface area contributed by atoms with Crippen LogP contribution in [0.5, 0.6) is 0 Å². The highest BCUT2D eigenvalue weighted by Gasteiger charge is 2.17. The molecule has 3 N–H and O–H groups in total. The Balaban J connectivity index is 1.48. The number of rotatable bonds is 6. The number of hydrogen-bond acceptors (Lipinski definition) is 4. The van der Waals surface area contributed by atoms with E-state index < -0.39 is 6.04 Å². The van der Waals surface area contributed by atoms with Gasteiger partial charge < -0.3 is 20.6 Å². The third kappa shape index (κ3) is 5.44. The van der Waals surface area contributed by atoms with Gasteiger partial charge in [-0.15, -0.1) is 0 Å². The third-order valence-corrected chi connectivity index (χ3v) is 5.06. The highest BCUT2D eigenvalue weighted by Crippen LogP contribution is 2.21. The molecule has 3 rings (SSSR count). The van der Waals surface area contributed by atoms with E-state index in [9.17, 15) is 9.90 Å². The van der Waals surface area contributed by atoms with Crippen molar-refractivity contribution in [3.05, 3.63) is 59.8 Å². The van der Waals surface area contributed by atoms with Crippen molar-refractivity contribution in [2.75, 3.05) is 24.6 Å². The maximum absolute atomic E-state index is 12.1. The van der Waals surface area contributed by atoms with Crippen LogP contribution in [-0.2, 0) is 6.54 Å². The van der Waals surface area contributed by atoms with E-state index in [2.05, 4.69) is 27.4 Å². The second-order valence-corrected chi connectivity index (χ2v) is 7.17. The summed E-state index contributed by atoms with van der Waals surface area (Å²) >= 11 is 0. The Morgan fingerprint density at radius 1 is 1.22 bits per heavy atom. The molecule has 6 nitrogen and oxygen atoms in total. The van der Waals surface area contributed by atoms with Crippen molar-refractivity contribution in [3.63, 3.8) is 0 Å². The van der Waals surface area contributed by atoms with Crippen LogP contribution in [0.15, 0.2) is 48.7 Å². The highest BCUT2D eigenvalue weighted by molar-refractivity contribution is 5.74. The minimum atomic E-state index is -0.423. The van der Waals surface area contributed by atoms with Crippen molar-refractivity contribution in [3.8, 4) is 0 Å². The van der Waals surface area contributed by atoms with Gasteiger partial charge in [0.25, 0.3) is 0 Å². The number of aliphatic hydroxyl groups is 1. The van der Waals surface area contributed by atoms with Crippen LogP contribution in [0.4, 0.5) is 10.6 Å². The number of carbonyl (C=O) groups is 1. The number of amides is 2. The van der Waals surface area contributed by atoms with Gasteiger partial charge in [-0.2, -0.15) is 0 Å². The smallest absolute Gasteiger partial charge is 0.315 e. The number of hydrogen-bond donors (Lipinski definition) is 3. The number of aromatic nitrogens is 1. The van der Waals surface area contributed by atoms with Crippen LogP contribution in [0.3, 0.4) is 0 Å². The molecular formula is C21H28N4O2. The number of urea groups is 1. The first-order valence-corrected chi connectivity index (χ1v) is 9.55. The molecule has 0 saturated carbocycles. The van der Waals surface area contributed by atoms with E-state index in [-0.39, 0.29) is 12.6 Å². The summed E-state index contributed by atoms with van der Waals surface area (Å²) in [6.07, 6.45) is 4.23. The fourth-order valence-electron chi connectivity index (χ4n) is 3.26. The Morgan fingerprint density at radius 2 is 1.96 bits per heavy atom. The zero-order valence-corrected chi connectivity index (χ0v) is 15.8. The number of nitrogens with zero attached hydrogens (tertiary/aromatic N) is 2. The zero-order chi connectivity index (χ0) is 19.1. The summed E-state index contributed by atoms with van der Waals surface area (Å²) in [7, 11) is 0. The van der Waals surface area contributed by atoms with Gasteiger partial charge in [0, 0.05) is 25.8 Å². The predicted octanol–water partition coefficient (Wildman–Crippen LogP) is 2.85. The quantitative estimate of drug-likeness (QED) is 0.733. The summed E-state index contributed by atoms with van der Waals surface area (Å²) in [5, 5.41) is 15.1. The molecule has 1 saturated heterocycles. The molecule has 0 spiro atoms. The molecule has 1 aromatic heterocycles. The SMILES string of the molecule is CC1CCN(c2ccc(CNC(=O)N[C@@H](CO)c3ccccc3)cn2)CC1. The fourth-order valence-corrected chi connectivity index (χ4v) is 3.26. The first-order chi connectivity index (χ1) is 13.2. The summed E-state index contributed by atoms with van der Waals surface area (Å²) in [5.74, 6) is 1.79. The molecule has 2 amide bonds. The Kier molecular flexibility index (Phi) is 6.65. The molecule has 1 aliphatic rings. The number of benzene rings is 1. The number of carbonyl (C=O) groups excluding carboxylic acids is 1. The van der Waals surface area contributed by atoms with Gasteiger partial charge in [-0.25, -0.2) is 9.78 Å². The van der Waals surface area contributed by atoms with Crippen LogP contribution >= 0.6 is 0 Å². The van der Waals surface area contributed by atoms with Crippen LogP contribution < -0.4 is 15.5 Å². The molecule has 6 heteroatoms. The molecule has 1 atom stereocenters. The lowest BCUT2D eigenvalue weighted by molar-refractivity contribution is 0.216. The number of piperidine rings is 1. The second-order valence-electron chi connectivity index (χ2n) is 7.17. The molecule has 1 fully saturated rings. The van der Waals surface area contributed by atoms with Gasteiger partial charge in [0.05, 0.1) is 12.6 Å². The summed E-state index contributed by atoms with van der Waals surface area (Å²) < 4.78 is 0. The Morgan fingerprint density at radius 3 is 2.59 bits per heavy atom. The van der Waals surface area contributed by atoms with Gasteiger partial charge in [-0.1, -0.05) is 43.3 Å². The van der Waals surface area contributed by atoms with Crippen LogP contribution in [0.1, 0.15) is 36.9 Å². The van der Waals surface area contributed by atoms with Gasteiger partial charge in [0.1, 0.15) is 5.82 Å². The molecule has 0 aliphatic carbocycles. The maximum Gasteiger partial charge on any atom is 0.315 e. The molecule has 144 valence electrons. The minimum Gasteiger partial charge on any atom is -0.394 e. The summed E-state index contributed by atoms with van der Waals surface area (Å²) in [6.45, 7) is 4.64. The molecular weight excluding hydrogens is 340 g/mol. The van der Waals surface area contributed by atoms with E-state index in [0.717, 1.165) is 36.0 Å². The first-order valence-electron chi connectivity index (χ1n) is 9.55. The maximum atomic E-state index is 12.1. The Bertz CT molecular complexity index is 713. The highest BCUT2D eigenvalue weighted by atomic mass is 16.3. The summed E-state index contributed by atoms with van der Waals surface area (Å²) in [4.78, 5) is 19.0. The van der Waals surface area contributed by atoms with Crippen molar-refractivity contribution in [1.29, 1.82) is 0 Å². The largest absolute Gasteiger partial charge is 0.394 e. The molecule has 2 heterocycles. The van der Waals surface area contributed by atoms with Crippen molar-refractivity contribution < 1.29 is 9.90 Å². The average molecular weight is 368 g/mol. The van der Waals surface area contributed by atoms with E-state index in [0.29, 0.717) is 6.54 Å². The van der Waals surface area contributed by atoms with Crippen molar-refractivity contribution in [2.45, 2.75) is 32.4 Å². The molecule has 1 aromatic carbocycles. The lowest BCUT2D eigenvalue weighted by Gasteiger charge is -2.31. The van der Waals surface area contributed by atoms with Crippen LogP contribution in [0.2, 0.25) is 0 Å². The van der Waals surface area contributed by atoms with Gasteiger partial charge in [0.2, 0.25) is 0 Å². The topological polar surface area (TPSA) is 77.5 Å². The van der Waals surface area contributed by atoms with Gasteiger partial charge >= 0.3 is 6.03 Å². The fraction of sp³-hybridized carbons (Fsp3) is 0.429. The van der Waals surface area contributed by atoms with Gasteiger partial charge in [-0.3, -0.25) is 0 Å². The zero-order valence-electron chi connectivity index (χ0n) is 15.8. The minimum absolute atomic E-state index is 0.151. The lowest BCUT2D eigenvalue weighted by Crippen LogP contribution is -2.38. The van der Waals surface area contributed by atoms with Crippen molar-refractivity contribution >= 4 is 11.8 Å². The number of anilines is 1. The predicted molar refractivity (Wildman–Crippen MR) is 106 cm³/mol. The lowest BCUT2D eigenvalue weighted by atomic mass is 9.99. The second kappa shape index (κ2) is 9.37. The van der Waals surface area contributed by atoms with Crippen molar-refractivity contribution in [1.82, 2.24) is 15.6 Å². The van der Waals surface area contributed by atoms with E-state index >= 15 is 0 Å². The van der Waals surface area contributed by atoms with E-state index in [4.69, 9.17) is 0 Å². The molecule has 2 aromatic rings. The van der Waals surface area contributed by atoms with Gasteiger partial charge in [-0.05, 0) is 36.0 Å². The van der Waals surface area contributed by atoms with Crippen LogP contribution in [0, 0.1) is 5.92 Å². The van der Waals surface area contributed by atoms with Crippen molar-refractivity contribution in [2.24, 2.45) is 5.92 Å². The molecule has 0 unspecified atom stereocenters. The molecule has 1 aliphatic heterocycles. The summed E-state index contributed by atoms with van der Waals surface area (Å²) in [6, 6.07) is 12.7. The number of nitrogens with one attached hydrogen (secondary N) is 2. The number of pyridine rings is 1. The van der Waals surface area contributed by atoms with Gasteiger partial charge in [0.15, 0.2) is 0 Å². The molecule has 27 heavy (non-hydrogen) atoms. The van der Waals surface area contributed by atoms with E-state index in [1.54, 1.807) is 0 Å². The standard InChI is InChI=1S/C21H28N4O2/c1-16-9-11-25(12-10-16)20-8-7-17(13-22-20)14-23-21(27)24-19(15-26)18-5-3-2-4-6-18/h2-8,13,16,19,26H,9-12,14-15H2,1H3,(H2,23,24,27)/t19-/m0/s1.